The van der Waals surface area contributed by atoms with Crippen LogP contribution in [0, 0.1) is 0 Å². The van der Waals surface area contributed by atoms with Crippen LogP contribution < -0.4 is 5.32 Å². The Bertz CT molecular complexity index is 364. The van der Waals surface area contributed by atoms with Gasteiger partial charge in [-0.2, -0.15) is 22.5 Å². The topological polar surface area (TPSA) is 41.0 Å². The van der Waals surface area contributed by atoms with Crippen LogP contribution in [-0.2, 0) is 6.18 Å². The summed E-state index contributed by atoms with van der Waals surface area (Å²) in [5, 5.41) is 3.21. The molecule has 16 heavy (non-hydrogen) atoms. The second-order valence-corrected chi connectivity index (χ2v) is 4.56. The van der Waals surface area contributed by atoms with E-state index in [-0.39, 0.29) is 11.2 Å². The summed E-state index contributed by atoms with van der Waals surface area (Å²) in [5.74, 6) is -1.06. The molecule has 0 bridgehead atoms. The van der Waals surface area contributed by atoms with Crippen molar-refractivity contribution < 1.29 is 13.2 Å². The lowest BCUT2D eigenvalue weighted by atomic mass is 10.3. The number of hydrogen-bond donors (Lipinski definition) is 1. The minimum atomic E-state index is -4.46. The Morgan fingerprint density at radius 2 is 2.25 bits per heavy atom. The largest absolute Gasteiger partial charge is 0.452 e. The predicted octanol–water partition coefficient (Wildman–Crippen LogP) is 1.67. The maximum Gasteiger partial charge on any atom is 0.452 e. The number of likely N-dealkylation sites (N-methyl/N-ethyl adjacent to an activating group) is 1. The van der Waals surface area contributed by atoms with E-state index in [2.05, 4.69) is 19.6 Å². The van der Waals surface area contributed by atoms with Crippen molar-refractivity contribution >= 4 is 16.7 Å². The van der Waals surface area contributed by atoms with Crippen molar-refractivity contribution in [3.8, 4) is 0 Å². The Kier molecular flexibility index (Phi) is 3.02. The summed E-state index contributed by atoms with van der Waals surface area (Å²) in [5.41, 5.74) is 0. The number of anilines is 1. The van der Waals surface area contributed by atoms with Crippen molar-refractivity contribution in [2.75, 3.05) is 25.5 Å². The second-order valence-electron chi connectivity index (χ2n) is 3.81. The van der Waals surface area contributed by atoms with Gasteiger partial charge in [-0.05, 0) is 20.0 Å². The first kappa shape index (κ1) is 11.6. The van der Waals surface area contributed by atoms with E-state index < -0.39 is 12.0 Å². The third kappa shape index (κ3) is 2.62. The minimum Gasteiger partial charge on any atom is -0.356 e. The van der Waals surface area contributed by atoms with Gasteiger partial charge < -0.3 is 10.2 Å². The number of halogens is 3. The number of aromatic nitrogens is 2. The van der Waals surface area contributed by atoms with Gasteiger partial charge in [0.25, 0.3) is 0 Å². The van der Waals surface area contributed by atoms with Gasteiger partial charge in [-0.15, -0.1) is 0 Å². The average molecular weight is 252 g/mol. The highest BCUT2D eigenvalue weighted by atomic mass is 32.1. The molecule has 90 valence electrons. The van der Waals surface area contributed by atoms with Crippen LogP contribution in [0.5, 0.6) is 0 Å². The highest BCUT2D eigenvalue weighted by molar-refractivity contribution is 7.09. The van der Waals surface area contributed by atoms with E-state index in [0.29, 0.717) is 0 Å². The van der Waals surface area contributed by atoms with Crippen LogP contribution in [0.4, 0.5) is 18.3 Å². The van der Waals surface area contributed by atoms with Crippen LogP contribution in [0.2, 0.25) is 0 Å². The normalized spacial score (nSPS) is 22.6. The Morgan fingerprint density at radius 3 is 2.75 bits per heavy atom. The van der Waals surface area contributed by atoms with Crippen LogP contribution in [0.3, 0.4) is 0 Å². The molecule has 0 radical (unpaired) electrons. The fourth-order valence-electron chi connectivity index (χ4n) is 1.62. The van der Waals surface area contributed by atoms with Gasteiger partial charge in [0.2, 0.25) is 11.0 Å². The number of rotatable bonds is 2. The Hall–Kier alpha value is -0.890. The first-order chi connectivity index (χ1) is 7.45. The molecule has 8 heteroatoms. The van der Waals surface area contributed by atoms with Crippen molar-refractivity contribution in [3.63, 3.8) is 0 Å². The van der Waals surface area contributed by atoms with Crippen molar-refractivity contribution in [1.82, 2.24) is 14.3 Å². The van der Waals surface area contributed by atoms with Gasteiger partial charge >= 0.3 is 6.18 Å². The highest BCUT2D eigenvalue weighted by Gasteiger charge is 2.36. The van der Waals surface area contributed by atoms with Crippen molar-refractivity contribution in [3.05, 3.63) is 5.82 Å². The lowest BCUT2D eigenvalue weighted by molar-refractivity contribution is -0.144. The van der Waals surface area contributed by atoms with Crippen LogP contribution in [-0.4, -0.2) is 40.4 Å². The Balaban J connectivity index is 1.98. The van der Waals surface area contributed by atoms with E-state index in [1.807, 2.05) is 7.05 Å². The molecular weight excluding hydrogens is 241 g/mol. The summed E-state index contributed by atoms with van der Waals surface area (Å²) in [6.45, 7) is 1.77. The fraction of sp³-hybridized carbons (Fsp3) is 0.750. The Morgan fingerprint density at radius 1 is 1.50 bits per heavy atom. The number of nitrogens with zero attached hydrogens (tertiary/aromatic N) is 3. The van der Waals surface area contributed by atoms with Crippen molar-refractivity contribution in [2.24, 2.45) is 0 Å². The summed E-state index contributed by atoms with van der Waals surface area (Å²) < 4.78 is 39.9. The molecule has 0 saturated carbocycles. The lowest BCUT2D eigenvalue weighted by Gasteiger charge is -2.10. The minimum absolute atomic E-state index is 0.166. The highest BCUT2D eigenvalue weighted by Crippen LogP contribution is 2.29. The number of likely N-dealkylation sites (tertiary alicyclic amines) is 1. The molecule has 1 N–H and O–H groups in total. The summed E-state index contributed by atoms with van der Waals surface area (Å²) in [6.07, 6.45) is -3.54. The molecule has 0 amide bonds. The summed E-state index contributed by atoms with van der Waals surface area (Å²) in [4.78, 5) is 5.54. The maximum atomic E-state index is 12.2. The first-order valence-electron chi connectivity index (χ1n) is 4.81. The van der Waals surface area contributed by atoms with Crippen molar-refractivity contribution in [2.45, 2.75) is 18.6 Å². The molecule has 4 nitrogen and oxygen atoms in total. The molecular formula is C8H11F3N4S. The summed E-state index contributed by atoms with van der Waals surface area (Å²) >= 11 is 0.754. The molecule has 0 aliphatic carbocycles. The van der Waals surface area contributed by atoms with E-state index in [1.165, 1.54) is 0 Å². The van der Waals surface area contributed by atoms with Crippen molar-refractivity contribution in [1.29, 1.82) is 0 Å². The van der Waals surface area contributed by atoms with Gasteiger partial charge in [-0.1, -0.05) is 0 Å². The monoisotopic (exact) mass is 252 g/mol. The van der Waals surface area contributed by atoms with E-state index in [0.717, 1.165) is 31.0 Å². The van der Waals surface area contributed by atoms with Crippen LogP contribution in [0.25, 0.3) is 0 Å². The molecule has 1 aliphatic heterocycles. The molecule has 1 unspecified atom stereocenters. The predicted molar refractivity (Wildman–Crippen MR) is 54.4 cm³/mol. The summed E-state index contributed by atoms with van der Waals surface area (Å²) in [7, 11) is 1.98. The van der Waals surface area contributed by atoms with Gasteiger partial charge in [0.05, 0.1) is 0 Å². The average Bonchev–Trinajstić information content (AvgIpc) is 2.74. The quantitative estimate of drug-likeness (QED) is 0.869. The lowest BCUT2D eigenvalue weighted by Crippen LogP contribution is -2.23. The standard InChI is InChI=1S/C8H11F3N4S/c1-15-3-2-5(4-15)12-7-13-6(14-16-7)8(9,10)11/h5H,2-4H2,1H3,(H,12,13,14). The smallest absolute Gasteiger partial charge is 0.356 e. The van der Waals surface area contributed by atoms with Crippen LogP contribution in [0.1, 0.15) is 12.2 Å². The molecule has 1 fully saturated rings. The summed E-state index contributed by atoms with van der Waals surface area (Å²) in [6, 6.07) is 0.166. The van der Waals surface area contributed by atoms with E-state index in [1.54, 1.807) is 0 Å². The zero-order valence-electron chi connectivity index (χ0n) is 8.58. The fourth-order valence-corrected chi connectivity index (χ4v) is 2.29. The molecule has 1 saturated heterocycles. The van der Waals surface area contributed by atoms with Crippen LogP contribution in [0.15, 0.2) is 0 Å². The van der Waals surface area contributed by atoms with Crippen LogP contribution >= 0.6 is 11.5 Å². The molecule has 1 aliphatic rings. The third-order valence-corrected chi connectivity index (χ3v) is 3.04. The molecule has 2 rings (SSSR count). The third-order valence-electron chi connectivity index (χ3n) is 2.40. The first-order valence-corrected chi connectivity index (χ1v) is 5.58. The molecule has 0 aromatic carbocycles. The zero-order valence-corrected chi connectivity index (χ0v) is 9.40. The van der Waals surface area contributed by atoms with Gasteiger partial charge in [0.1, 0.15) is 0 Å². The number of hydrogen-bond acceptors (Lipinski definition) is 5. The second kappa shape index (κ2) is 4.17. The molecule has 0 spiro atoms. The van der Waals surface area contributed by atoms with Gasteiger partial charge in [0, 0.05) is 24.1 Å². The van der Waals surface area contributed by atoms with Gasteiger partial charge in [-0.3, -0.25) is 0 Å². The molecule has 1 aromatic heterocycles. The van der Waals surface area contributed by atoms with E-state index in [9.17, 15) is 13.2 Å². The molecule has 1 atom stereocenters. The number of alkyl halides is 3. The molecule has 1 aromatic rings. The Labute approximate surface area is 94.6 Å². The maximum absolute atomic E-state index is 12.2. The van der Waals surface area contributed by atoms with E-state index >= 15 is 0 Å². The zero-order chi connectivity index (χ0) is 11.8. The van der Waals surface area contributed by atoms with E-state index in [4.69, 9.17) is 0 Å². The van der Waals surface area contributed by atoms with Gasteiger partial charge in [-0.25, -0.2) is 0 Å². The molecule has 2 heterocycles. The SMILES string of the molecule is CN1CCC(Nc2nc(C(F)(F)F)ns2)C1. The number of nitrogens with one attached hydrogen (secondary N) is 1. The van der Waals surface area contributed by atoms with Gasteiger partial charge in [0.15, 0.2) is 0 Å².